The predicted octanol–water partition coefficient (Wildman–Crippen LogP) is 4.43. The SMILES string of the molecule is Cc1ccc(NC(=O)CSCC(=O)Nc2ccc(F)c(-c3nnc4n3CCCCC4)c2)cc1. The first-order chi connectivity index (χ1) is 16.0. The summed E-state index contributed by atoms with van der Waals surface area (Å²) in [6, 6.07) is 11.9. The van der Waals surface area contributed by atoms with E-state index in [1.807, 2.05) is 35.8 Å². The molecule has 0 atom stereocenters. The number of fused-ring (bicyclic) bond motifs is 1. The summed E-state index contributed by atoms with van der Waals surface area (Å²) in [7, 11) is 0. The van der Waals surface area contributed by atoms with Crippen molar-refractivity contribution in [1.82, 2.24) is 14.8 Å². The number of aromatic nitrogens is 3. The Hall–Kier alpha value is -3.20. The van der Waals surface area contributed by atoms with Gasteiger partial charge in [0.1, 0.15) is 11.6 Å². The van der Waals surface area contributed by atoms with Gasteiger partial charge in [-0.15, -0.1) is 22.0 Å². The van der Waals surface area contributed by atoms with Crippen LogP contribution in [-0.4, -0.2) is 38.1 Å². The lowest BCUT2D eigenvalue weighted by Gasteiger charge is -2.10. The third-order valence-electron chi connectivity index (χ3n) is 5.40. The summed E-state index contributed by atoms with van der Waals surface area (Å²) in [4.78, 5) is 24.4. The van der Waals surface area contributed by atoms with Gasteiger partial charge in [0.05, 0.1) is 17.1 Å². The molecular weight excluding hydrogens is 441 g/mol. The van der Waals surface area contributed by atoms with Crippen LogP contribution >= 0.6 is 11.8 Å². The highest BCUT2D eigenvalue weighted by Crippen LogP contribution is 2.27. The molecule has 9 heteroatoms. The van der Waals surface area contributed by atoms with E-state index in [1.165, 1.54) is 23.9 Å². The van der Waals surface area contributed by atoms with Crippen LogP contribution in [0.4, 0.5) is 15.8 Å². The van der Waals surface area contributed by atoms with Crippen LogP contribution in [0.1, 0.15) is 30.7 Å². The number of hydrogen-bond acceptors (Lipinski definition) is 5. The number of carbonyl (C=O) groups excluding carboxylic acids is 2. The van der Waals surface area contributed by atoms with Crippen molar-refractivity contribution >= 4 is 35.0 Å². The maximum atomic E-state index is 14.6. The van der Waals surface area contributed by atoms with Gasteiger partial charge < -0.3 is 15.2 Å². The number of carbonyl (C=O) groups is 2. The summed E-state index contributed by atoms with van der Waals surface area (Å²) < 4.78 is 16.6. The Morgan fingerprint density at radius 2 is 1.67 bits per heavy atom. The smallest absolute Gasteiger partial charge is 0.234 e. The number of aryl methyl sites for hydroxylation is 2. The molecule has 2 aromatic carbocycles. The Kier molecular flexibility index (Phi) is 7.39. The Morgan fingerprint density at radius 1 is 0.970 bits per heavy atom. The lowest BCUT2D eigenvalue weighted by molar-refractivity contribution is -0.114. The van der Waals surface area contributed by atoms with Gasteiger partial charge >= 0.3 is 0 Å². The molecule has 0 unspecified atom stereocenters. The number of rotatable bonds is 7. The van der Waals surface area contributed by atoms with Gasteiger partial charge in [0, 0.05) is 24.3 Å². The van der Waals surface area contributed by atoms with Crippen molar-refractivity contribution in [2.75, 3.05) is 22.1 Å². The first-order valence-electron chi connectivity index (χ1n) is 11.0. The van der Waals surface area contributed by atoms with Crippen LogP contribution in [0.3, 0.4) is 0 Å². The zero-order chi connectivity index (χ0) is 23.2. The van der Waals surface area contributed by atoms with Gasteiger partial charge in [-0.3, -0.25) is 9.59 Å². The molecule has 3 aromatic rings. The Morgan fingerprint density at radius 3 is 2.42 bits per heavy atom. The van der Waals surface area contributed by atoms with Gasteiger partial charge in [-0.2, -0.15) is 0 Å². The van der Waals surface area contributed by atoms with Crippen LogP contribution in [0.5, 0.6) is 0 Å². The third-order valence-corrected chi connectivity index (χ3v) is 6.33. The average Bonchev–Trinajstić information content (AvgIpc) is 3.04. The highest BCUT2D eigenvalue weighted by molar-refractivity contribution is 8.00. The fourth-order valence-electron chi connectivity index (χ4n) is 3.73. The molecular formula is C24H26FN5O2S. The summed E-state index contributed by atoms with van der Waals surface area (Å²) in [6.45, 7) is 2.74. The minimum atomic E-state index is -0.408. The van der Waals surface area contributed by atoms with Gasteiger partial charge in [0.25, 0.3) is 0 Å². The van der Waals surface area contributed by atoms with E-state index in [0.717, 1.165) is 49.3 Å². The maximum absolute atomic E-state index is 14.6. The molecule has 0 bridgehead atoms. The zero-order valence-corrected chi connectivity index (χ0v) is 19.3. The van der Waals surface area contributed by atoms with Crippen molar-refractivity contribution in [1.29, 1.82) is 0 Å². The van der Waals surface area contributed by atoms with E-state index in [4.69, 9.17) is 0 Å². The Bertz CT molecular complexity index is 1150. The number of halogens is 1. The number of nitrogens with zero attached hydrogens (tertiary/aromatic N) is 3. The summed E-state index contributed by atoms with van der Waals surface area (Å²) >= 11 is 1.21. The molecule has 0 spiro atoms. The van der Waals surface area contributed by atoms with E-state index >= 15 is 0 Å². The van der Waals surface area contributed by atoms with Gasteiger partial charge in [0.15, 0.2) is 5.82 Å². The topological polar surface area (TPSA) is 88.9 Å². The summed E-state index contributed by atoms with van der Waals surface area (Å²) in [5.41, 5.74) is 2.63. The fraction of sp³-hybridized carbons (Fsp3) is 0.333. The molecule has 2 N–H and O–H groups in total. The first-order valence-corrected chi connectivity index (χ1v) is 12.1. The Balaban J connectivity index is 1.33. The minimum Gasteiger partial charge on any atom is -0.325 e. The second kappa shape index (κ2) is 10.6. The van der Waals surface area contributed by atoms with Crippen molar-refractivity contribution in [3.8, 4) is 11.4 Å². The van der Waals surface area contributed by atoms with E-state index in [1.54, 1.807) is 6.07 Å². The number of amides is 2. The van der Waals surface area contributed by atoms with Crippen molar-refractivity contribution in [3.63, 3.8) is 0 Å². The monoisotopic (exact) mass is 467 g/mol. The summed E-state index contributed by atoms with van der Waals surface area (Å²) in [5.74, 6) is 0.777. The van der Waals surface area contributed by atoms with Crippen LogP contribution in [0, 0.1) is 12.7 Å². The molecule has 172 valence electrons. The molecule has 0 saturated carbocycles. The standard InChI is InChI=1S/C24H26FN5O2S/c1-16-6-8-17(9-7-16)26-22(31)14-33-15-23(32)27-18-10-11-20(25)19(13-18)24-29-28-21-5-3-2-4-12-30(21)24/h6-11,13H,2-5,12,14-15H2,1H3,(H,26,31)(H,27,32). The average molecular weight is 468 g/mol. The molecule has 0 saturated heterocycles. The van der Waals surface area contributed by atoms with Crippen LogP contribution in [0.25, 0.3) is 11.4 Å². The highest BCUT2D eigenvalue weighted by atomic mass is 32.2. The van der Waals surface area contributed by atoms with Gasteiger partial charge in [-0.25, -0.2) is 4.39 Å². The van der Waals surface area contributed by atoms with Crippen molar-refractivity contribution < 1.29 is 14.0 Å². The molecule has 0 fully saturated rings. The molecule has 1 aliphatic rings. The number of nitrogens with one attached hydrogen (secondary N) is 2. The third kappa shape index (κ3) is 5.98. The van der Waals surface area contributed by atoms with Gasteiger partial charge in [-0.05, 0) is 50.1 Å². The largest absolute Gasteiger partial charge is 0.325 e. The maximum Gasteiger partial charge on any atom is 0.234 e. The molecule has 2 amide bonds. The molecule has 4 rings (SSSR count). The van der Waals surface area contributed by atoms with Crippen LogP contribution in [0.15, 0.2) is 42.5 Å². The van der Waals surface area contributed by atoms with Gasteiger partial charge in [-0.1, -0.05) is 24.1 Å². The fourth-order valence-corrected chi connectivity index (χ4v) is 4.34. The lowest BCUT2D eigenvalue weighted by Crippen LogP contribution is -2.18. The number of benzene rings is 2. The lowest BCUT2D eigenvalue weighted by atomic mass is 10.1. The number of thioether (sulfide) groups is 1. The van der Waals surface area contributed by atoms with Gasteiger partial charge in [0.2, 0.25) is 11.8 Å². The van der Waals surface area contributed by atoms with E-state index in [-0.39, 0.29) is 23.3 Å². The second-order valence-corrected chi connectivity index (χ2v) is 9.04. The van der Waals surface area contributed by atoms with Crippen LogP contribution in [0.2, 0.25) is 0 Å². The van der Waals surface area contributed by atoms with Crippen molar-refractivity contribution in [3.05, 3.63) is 59.7 Å². The number of anilines is 2. The van der Waals surface area contributed by atoms with Crippen molar-refractivity contribution in [2.24, 2.45) is 0 Å². The predicted molar refractivity (Wildman–Crippen MR) is 129 cm³/mol. The van der Waals surface area contributed by atoms with E-state index in [9.17, 15) is 14.0 Å². The minimum absolute atomic E-state index is 0.106. The van der Waals surface area contributed by atoms with E-state index < -0.39 is 5.82 Å². The summed E-state index contributed by atoms with van der Waals surface area (Å²) in [5, 5.41) is 14.0. The van der Waals surface area contributed by atoms with E-state index in [0.29, 0.717) is 17.1 Å². The van der Waals surface area contributed by atoms with Crippen LogP contribution in [-0.2, 0) is 22.6 Å². The van der Waals surface area contributed by atoms with Crippen molar-refractivity contribution in [2.45, 2.75) is 39.2 Å². The molecule has 0 radical (unpaired) electrons. The second-order valence-electron chi connectivity index (χ2n) is 8.05. The molecule has 1 aromatic heterocycles. The van der Waals surface area contributed by atoms with E-state index in [2.05, 4.69) is 20.8 Å². The zero-order valence-electron chi connectivity index (χ0n) is 18.4. The summed E-state index contributed by atoms with van der Waals surface area (Å²) in [6.07, 6.45) is 4.00. The van der Waals surface area contributed by atoms with Crippen LogP contribution < -0.4 is 10.6 Å². The number of hydrogen-bond donors (Lipinski definition) is 2. The molecule has 0 aliphatic carbocycles. The Labute approximate surface area is 196 Å². The first kappa shape index (κ1) is 23.0. The molecule has 2 heterocycles. The quantitative estimate of drug-likeness (QED) is 0.537. The normalized spacial score (nSPS) is 13.2. The highest BCUT2D eigenvalue weighted by Gasteiger charge is 2.19. The molecule has 33 heavy (non-hydrogen) atoms. The molecule has 7 nitrogen and oxygen atoms in total. The molecule has 1 aliphatic heterocycles.